The van der Waals surface area contributed by atoms with Gasteiger partial charge in [0.05, 0.1) is 0 Å². The Labute approximate surface area is 158 Å². The zero-order chi connectivity index (χ0) is 18.3. The normalized spacial score (nSPS) is 24.4. The molecule has 3 aliphatic rings. The number of hydrogen-bond donors (Lipinski definition) is 2. The number of thiazole rings is 1. The van der Waals surface area contributed by atoms with Gasteiger partial charge in [-0.15, -0.1) is 11.3 Å². The molecule has 3 N–H and O–H groups in total. The molecule has 5 rings (SSSR count). The van der Waals surface area contributed by atoms with Crippen LogP contribution in [0.15, 0.2) is 24.4 Å². The van der Waals surface area contributed by atoms with E-state index >= 15 is 0 Å². The van der Waals surface area contributed by atoms with Crippen molar-refractivity contribution < 1.29 is 11.0 Å². The molecular weight excluding hydrogens is 348 g/mol. The second-order valence-electron chi connectivity index (χ2n) is 7.03. The van der Waals surface area contributed by atoms with Crippen LogP contribution in [0.5, 0.6) is 0 Å². The van der Waals surface area contributed by atoms with Crippen molar-refractivity contribution in [2.75, 3.05) is 25.4 Å². The SMILES string of the molecule is Cc1cnc(-c2ccc(N)c(C(=N)C(=O)O[C@@H]3CN4CCC3CC4)c2)s1.[HH]. The summed E-state index contributed by atoms with van der Waals surface area (Å²) in [4.78, 5) is 20.4. The van der Waals surface area contributed by atoms with Gasteiger partial charge in [0.15, 0.2) is 0 Å². The quantitative estimate of drug-likeness (QED) is 0.489. The van der Waals surface area contributed by atoms with E-state index in [1.54, 1.807) is 23.5 Å². The maximum Gasteiger partial charge on any atom is 0.357 e. The van der Waals surface area contributed by atoms with Gasteiger partial charge in [0.1, 0.15) is 16.8 Å². The fraction of sp³-hybridized carbons (Fsp3) is 0.421. The summed E-state index contributed by atoms with van der Waals surface area (Å²) in [6, 6.07) is 5.34. The van der Waals surface area contributed by atoms with Crippen LogP contribution < -0.4 is 5.73 Å². The van der Waals surface area contributed by atoms with E-state index in [1.165, 1.54) is 0 Å². The Morgan fingerprint density at radius 2 is 2.19 bits per heavy atom. The summed E-state index contributed by atoms with van der Waals surface area (Å²) in [5.41, 5.74) is 7.50. The fourth-order valence-corrected chi connectivity index (χ4v) is 4.51. The van der Waals surface area contributed by atoms with Crippen LogP contribution >= 0.6 is 11.3 Å². The molecule has 0 radical (unpaired) electrons. The molecule has 4 heterocycles. The molecule has 26 heavy (non-hydrogen) atoms. The van der Waals surface area contributed by atoms with Gasteiger partial charge >= 0.3 is 5.97 Å². The Kier molecular flexibility index (Phi) is 4.50. The lowest BCUT2D eigenvalue weighted by molar-refractivity contribution is -0.150. The number of nitrogens with zero attached hydrogens (tertiary/aromatic N) is 2. The third kappa shape index (κ3) is 3.24. The monoisotopic (exact) mass is 372 g/mol. The van der Waals surface area contributed by atoms with Gasteiger partial charge in [0.2, 0.25) is 0 Å². The number of esters is 1. The van der Waals surface area contributed by atoms with E-state index in [0.717, 1.165) is 47.9 Å². The minimum atomic E-state index is -0.595. The number of piperidine rings is 3. The minimum absolute atomic E-state index is 0. The molecule has 0 saturated carbocycles. The molecule has 7 heteroatoms. The Bertz CT molecular complexity index is 861. The molecule has 3 aliphatic heterocycles. The van der Waals surface area contributed by atoms with E-state index in [2.05, 4.69) is 9.88 Å². The first-order valence-electron chi connectivity index (χ1n) is 8.86. The molecule has 0 spiro atoms. The Hall–Kier alpha value is -2.25. The van der Waals surface area contributed by atoms with Crippen LogP contribution in [0.4, 0.5) is 5.69 Å². The maximum absolute atomic E-state index is 12.6. The smallest absolute Gasteiger partial charge is 0.357 e. The minimum Gasteiger partial charge on any atom is -0.456 e. The molecule has 3 saturated heterocycles. The number of nitrogen functional groups attached to an aromatic ring is 1. The van der Waals surface area contributed by atoms with Crippen LogP contribution in [0, 0.1) is 18.3 Å². The van der Waals surface area contributed by atoms with Crippen molar-refractivity contribution in [3.05, 3.63) is 34.8 Å². The number of carbonyl (C=O) groups is 1. The highest BCUT2D eigenvalue weighted by molar-refractivity contribution is 7.14. The van der Waals surface area contributed by atoms with Crippen molar-refractivity contribution in [3.63, 3.8) is 0 Å². The van der Waals surface area contributed by atoms with E-state index in [9.17, 15) is 4.79 Å². The molecule has 1 aromatic heterocycles. The average Bonchev–Trinajstić information content (AvgIpc) is 3.09. The first kappa shape index (κ1) is 17.2. The van der Waals surface area contributed by atoms with Gasteiger partial charge in [0, 0.05) is 35.9 Å². The summed E-state index contributed by atoms with van der Waals surface area (Å²) in [7, 11) is 0. The standard InChI is InChI=1S/C19H22N4O2S.H2/c1-11-9-22-18(26-11)13-2-3-15(20)14(8-13)17(21)19(24)25-16-10-23-6-4-12(16)5-7-23;/h2-3,8-9,12,16,21H,4-7,10,20H2,1H3;1H/t16-;/m1./s1. The Morgan fingerprint density at radius 3 is 2.81 bits per heavy atom. The summed E-state index contributed by atoms with van der Waals surface area (Å²) in [5.74, 6) is -0.179. The highest BCUT2D eigenvalue weighted by atomic mass is 32.1. The van der Waals surface area contributed by atoms with Crippen LogP contribution in [0.2, 0.25) is 0 Å². The van der Waals surface area contributed by atoms with E-state index in [-0.39, 0.29) is 13.2 Å². The van der Waals surface area contributed by atoms with E-state index < -0.39 is 5.97 Å². The highest BCUT2D eigenvalue weighted by Gasteiger charge is 2.37. The van der Waals surface area contributed by atoms with Crippen molar-refractivity contribution in [1.29, 1.82) is 5.41 Å². The number of aromatic nitrogens is 1. The van der Waals surface area contributed by atoms with Gasteiger partial charge < -0.3 is 10.5 Å². The number of anilines is 1. The maximum atomic E-state index is 12.6. The third-order valence-corrected chi connectivity index (χ3v) is 6.21. The predicted octanol–water partition coefficient (Wildman–Crippen LogP) is 2.95. The number of hydrogen-bond acceptors (Lipinski definition) is 7. The van der Waals surface area contributed by atoms with Crippen LogP contribution in [0.1, 0.15) is 24.7 Å². The number of fused-ring (bicyclic) bond motifs is 3. The number of nitrogens with one attached hydrogen (secondary N) is 1. The van der Waals surface area contributed by atoms with E-state index in [4.69, 9.17) is 15.9 Å². The second-order valence-corrected chi connectivity index (χ2v) is 8.27. The zero-order valence-electron chi connectivity index (χ0n) is 14.7. The van der Waals surface area contributed by atoms with Gasteiger partial charge in [-0.25, -0.2) is 9.78 Å². The van der Waals surface area contributed by atoms with E-state index in [0.29, 0.717) is 17.2 Å². The van der Waals surface area contributed by atoms with Crippen molar-refractivity contribution in [3.8, 4) is 10.6 Å². The number of nitrogens with two attached hydrogens (primary N) is 1. The number of benzene rings is 1. The molecular formula is C19H24N4O2S. The van der Waals surface area contributed by atoms with Crippen molar-refractivity contribution >= 4 is 28.7 Å². The number of carbonyl (C=O) groups excluding carboxylic acids is 1. The summed E-state index contributed by atoms with van der Waals surface area (Å²) < 4.78 is 5.67. The van der Waals surface area contributed by atoms with Crippen LogP contribution in [-0.2, 0) is 9.53 Å². The van der Waals surface area contributed by atoms with Crippen LogP contribution in [-0.4, -0.2) is 47.3 Å². The summed E-state index contributed by atoms with van der Waals surface area (Å²) in [6.45, 7) is 4.93. The summed E-state index contributed by atoms with van der Waals surface area (Å²) >= 11 is 1.57. The molecule has 3 fully saturated rings. The molecule has 138 valence electrons. The molecule has 1 atom stereocenters. The lowest BCUT2D eigenvalue weighted by Crippen LogP contribution is -2.52. The van der Waals surface area contributed by atoms with Gasteiger partial charge in [0.25, 0.3) is 0 Å². The van der Waals surface area contributed by atoms with Gasteiger partial charge in [-0.3, -0.25) is 10.3 Å². The number of aryl methyl sites for hydroxylation is 1. The van der Waals surface area contributed by atoms with Gasteiger partial charge in [-0.1, -0.05) is 0 Å². The zero-order valence-corrected chi connectivity index (χ0v) is 15.5. The van der Waals surface area contributed by atoms with Gasteiger partial charge in [-0.2, -0.15) is 0 Å². The lowest BCUT2D eigenvalue weighted by atomic mass is 9.86. The summed E-state index contributed by atoms with van der Waals surface area (Å²) in [6.07, 6.45) is 3.82. The van der Waals surface area contributed by atoms with Crippen molar-refractivity contribution in [2.24, 2.45) is 5.92 Å². The first-order chi connectivity index (χ1) is 12.5. The third-order valence-electron chi connectivity index (χ3n) is 5.25. The fourth-order valence-electron chi connectivity index (χ4n) is 3.74. The average molecular weight is 372 g/mol. The largest absolute Gasteiger partial charge is 0.456 e. The number of ether oxygens (including phenoxy) is 1. The molecule has 2 aromatic rings. The topological polar surface area (TPSA) is 92.3 Å². The van der Waals surface area contributed by atoms with Gasteiger partial charge in [-0.05, 0) is 57.0 Å². The summed E-state index contributed by atoms with van der Waals surface area (Å²) in [5, 5.41) is 9.16. The predicted molar refractivity (Wildman–Crippen MR) is 105 cm³/mol. The molecule has 0 unspecified atom stereocenters. The van der Waals surface area contributed by atoms with Crippen LogP contribution in [0.25, 0.3) is 10.6 Å². The van der Waals surface area contributed by atoms with Crippen molar-refractivity contribution in [1.82, 2.24) is 9.88 Å². The van der Waals surface area contributed by atoms with E-state index in [1.807, 2.05) is 19.2 Å². The Morgan fingerprint density at radius 1 is 1.42 bits per heavy atom. The van der Waals surface area contributed by atoms with Crippen LogP contribution in [0.3, 0.4) is 0 Å². The highest BCUT2D eigenvalue weighted by Crippen LogP contribution is 2.31. The molecule has 1 aromatic carbocycles. The lowest BCUT2D eigenvalue weighted by Gasteiger charge is -2.43. The molecule has 0 aliphatic carbocycles. The Balaban J connectivity index is 0.00000210. The molecule has 6 nitrogen and oxygen atoms in total. The molecule has 2 bridgehead atoms. The second kappa shape index (κ2) is 6.81. The first-order valence-corrected chi connectivity index (χ1v) is 9.67. The number of rotatable bonds is 4. The molecule has 0 amide bonds. The van der Waals surface area contributed by atoms with Crippen molar-refractivity contribution in [2.45, 2.75) is 25.9 Å².